The van der Waals surface area contributed by atoms with Crippen LogP contribution in [0, 0.1) is 12.1 Å². The van der Waals surface area contributed by atoms with E-state index in [-0.39, 0.29) is 20.4 Å². The van der Waals surface area contributed by atoms with Gasteiger partial charge in [0.2, 0.25) is 0 Å². The first kappa shape index (κ1) is 20.9. The molecule has 0 radical (unpaired) electrons. The molecule has 2 heterocycles. The van der Waals surface area contributed by atoms with E-state index in [0.29, 0.717) is 0 Å². The summed E-state index contributed by atoms with van der Waals surface area (Å²) >= 11 is 0. The Balaban J connectivity index is 0.00000231. The van der Waals surface area contributed by atoms with E-state index >= 15 is 0 Å². The third-order valence-corrected chi connectivity index (χ3v) is 4.99. The van der Waals surface area contributed by atoms with Gasteiger partial charge in [-0.15, -0.1) is 59.0 Å². The molecule has 0 N–H and O–H groups in total. The fourth-order valence-electron chi connectivity index (χ4n) is 3.55. The number of benzene rings is 3. The van der Waals surface area contributed by atoms with Crippen LogP contribution in [0.4, 0.5) is 0 Å². The van der Waals surface area contributed by atoms with Gasteiger partial charge < -0.3 is 4.98 Å². The summed E-state index contributed by atoms with van der Waals surface area (Å²) in [6.45, 7) is 0. The predicted molar refractivity (Wildman–Crippen MR) is 122 cm³/mol. The Hall–Kier alpha value is -3.38. The summed E-state index contributed by atoms with van der Waals surface area (Å²) in [5, 5.41) is 2.34. The van der Waals surface area contributed by atoms with E-state index in [1.807, 2.05) is 85.1 Å². The Bertz CT molecular complexity index is 1340. The van der Waals surface area contributed by atoms with Crippen LogP contribution in [-0.4, -0.2) is 9.97 Å². The topological polar surface area (TPSA) is 25.8 Å². The van der Waals surface area contributed by atoms with Crippen molar-refractivity contribution >= 4 is 16.8 Å². The molecule has 0 spiro atoms. The summed E-state index contributed by atoms with van der Waals surface area (Å²) in [6.07, 6.45) is 7.14. The summed E-state index contributed by atoms with van der Waals surface area (Å²) in [5.41, 5.74) is 5.73. The van der Waals surface area contributed by atoms with Gasteiger partial charge in [0.25, 0.3) is 0 Å². The second-order valence-electron chi connectivity index (χ2n) is 6.94. The molecule has 0 aliphatic heterocycles. The number of hydrogen-bond donors (Lipinski definition) is 0. The Kier molecular flexibility index (Phi) is 6.48. The van der Waals surface area contributed by atoms with Crippen molar-refractivity contribution in [1.29, 1.82) is 0 Å². The largest absolute Gasteiger partial charge is 2.00 e. The molecule has 2 aromatic heterocycles. The molecular weight excluding hydrogens is 471 g/mol. The van der Waals surface area contributed by atoms with Gasteiger partial charge in [-0.05, 0) is 23.5 Å². The van der Waals surface area contributed by atoms with Crippen LogP contribution in [0.1, 0.15) is 11.3 Å². The average Bonchev–Trinajstić information content (AvgIpc) is 2.83. The minimum Gasteiger partial charge on any atom is -0.345 e. The quantitative estimate of drug-likeness (QED) is 0.210. The minimum atomic E-state index is 0. The van der Waals surface area contributed by atoms with Crippen LogP contribution in [-0.2, 0) is 20.4 Å². The van der Waals surface area contributed by atoms with Gasteiger partial charge in [-0.2, -0.15) is 0 Å². The molecule has 31 heavy (non-hydrogen) atoms. The van der Waals surface area contributed by atoms with Crippen molar-refractivity contribution in [1.82, 2.24) is 9.97 Å². The molecule has 3 heteroatoms. The van der Waals surface area contributed by atoms with Crippen LogP contribution in [0.15, 0.2) is 103 Å². The zero-order valence-corrected chi connectivity index (χ0v) is 18.2. The molecule has 2 nitrogen and oxygen atoms in total. The number of pyridine rings is 2. The first-order valence-corrected chi connectivity index (χ1v) is 9.85. The standard InChI is InChI=1S/C28H18N2.Pd/c1-3-13-24-21(9-1)11-7-15-26(24)28-17-8-12-23(30-28)19-18-22-10-2-4-14-25(22)27-16-5-6-20-29-27;/h1-14,16-17,19-20H;/q-2;+2. The maximum Gasteiger partial charge on any atom is 2.00 e. The third kappa shape index (κ3) is 4.54. The molecule has 0 bridgehead atoms. The van der Waals surface area contributed by atoms with Crippen molar-refractivity contribution in [2.24, 2.45) is 0 Å². The maximum absolute atomic E-state index is 4.85. The summed E-state index contributed by atoms with van der Waals surface area (Å²) in [4.78, 5) is 9.32. The fraction of sp³-hybridized carbons (Fsp3) is 0. The summed E-state index contributed by atoms with van der Waals surface area (Å²) < 4.78 is 0. The van der Waals surface area contributed by atoms with Crippen LogP contribution in [0.2, 0.25) is 0 Å². The first-order valence-electron chi connectivity index (χ1n) is 9.85. The summed E-state index contributed by atoms with van der Waals surface area (Å²) in [7, 11) is 0. The molecule has 0 aliphatic rings. The van der Waals surface area contributed by atoms with Crippen LogP contribution < -0.4 is 0 Å². The SMILES string of the molecule is [C-](=Cc1cccc(-c2[c-]ccc3ccccc23)n1)c1ccccc1-c1ccccn1.[Pd+2]. The van der Waals surface area contributed by atoms with Crippen LogP contribution in [0.25, 0.3) is 39.4 Å². The molecule has 150 valence electrons. The molecule has 0 saturated heterocycles. The molecule has 0 atom stereocenters. The van der Waals surface area contributed by atoms with Crippen LogP contribution >= 0.6 is 0 Å². The molecule has 5 rings (SSSR count). The number of aromatic nitrogens is 2. The number of nitrogens with zero attached hydrogens (tertiary/aromatic N) is 2. The van der Waals surface area contributed by atoms with Crippen molar-refractivity contribution in [3.05, 3.63) is 127 Å². The molecule has 0 saturated carbocycles. The number of fused-ring (bicyclic) bond motifs is 1. The summed E-state index contributed by atoms with van der Waals surface area (Å²) in [6, 6.07) is 35.8. The van der Waals surface area contributed by atoms with Crippen molar-refractivity contribution in [3.63, 3.8) is 0 Å². The molecular formula is C28H18N2Pd. The maximum atomic E-state index is 4.85. The van der Waals surface area contributed by atoms with Gasteiger partial charge in [0.05, 0.1) is 0 Å². The smallest absolute Gasteiger partial charge is 0.345 e. The van der Waals surface area contributed by atoms with Crippen LogP contribution in [0.5, 0.6) is 0 Å². The average molecular weight is 489 g/mol. The molecule has 0 amide bonds. The number of rotatable bonds is 4. The zero-order valence-electron chi connectivity index (χ0n) is 16.6. The number of hydrogen-bond acceptors (Lipinski definition) is 2. The van der Waals surface area contributed by atoms with E-state index in [4.69, 9.17) is 4.98 Å². The first-order chi connectivity index (χ1) is 14.9. The molecule has 0 fully saturated rings. The predicted octanol–water partition coefficient (Wildman–Crippen LogP) is 6.63. The molecule has 3 aromatic carbocycles. The van der Waals surface area contributed by atoms with Gasteiger partial charge in [0.15, 0.2) is 0 Å². The van der Waals surface area contributed by atoms with E-state index in [1.165, 1.54) is 5.39 Å². The van der Waals surface area contributed by atoms with Gasteiger partial charge in [-0.3, -0.25) is 4.98 Å². The third-order valence-electron chi connectivity index (χ3n) is 4.99. The van der Waals surface area contributed by atoms with Crippen LogP contribution in [0.3, 0.4) is 0 Å². The van der Waals surface area contributed by atoms with E-state index in [1.54, 1.807) is 0 Å². The minimum absolute atomic E-state index is 0. The fourth-order valence-corrected chi connectivity index (χ4v) is 3.55. The van der Waals surface area contributed by atoms with E-state index < -0.39 is 0 Å². The van der Waals surface area contributed by atoms with Gasteiger partial charge in [0, 0.05) is 11.9 Å². The Morgan fingerprint density at radius 2 is 1.55 bits per heavy atom. The molecule has 5 aromatic rings. The second-order valence-corrected chi connectivity index (χ2v) is 6.94. The van der Waals surface area contributed by atoms with Crippen molar-refractivity contribution in [2.75, 3.05) is 0 Å². The van der Waals surface area contributed by atoms with Gasteiger partial charge >= 0.3 is 20.4 Å². The molecule has 0 unspecified atom stereocenters. The van der Waals surface area contributed by atoms with E-state index in [9.17, 15) is 0 Å². The Morgan fingerprint density at radius 3 is 2.45 bits per heavy atom. The van der Waals surface area contributed by atoms with E-state index in [0.717, 1.165) is 39.2 Å². The zero-order chi connectivity index (χ0) is 20.2. The van der Waals surface area contributed by atoms with Crippen molar-refractivity contribution in [2.45, 2.75) is 0 Å². The van der Waals surface area contributed by atoms with Gasteiger partial charge in [0.1, 0.15) is 0 Å². The Morgan fingerprint density at radius 1 is 0.742 bits per heavy atom. The van der Waals surface area contributed by atoms with Gasteiger partial charge in [-0.25, -0.2) is 0 Å². The normalized spacial score (nSPS) is 10.8. The summed E-state index contributed by atoms with van der Waals surface area (Å²) in [5.74, 6) is 0. The monoisotopic (exact) mass is 488 g/mol. The second kappa shape index (κ2) is 9.62. The van der Waals surface area contributed by atoms with Gasteiger partial charge in [-0.1, -0.05) is 71.6 Å². The van der Waals surface area contributed by atoms with Crippen molar-refractivity contribution < 1.29 is 20.4 Å². The Labute approximate surface area is 196 Å². The van der Waals surface area contributed by atoms with Crippen molar-refractivity contribution in [3.8, 4) is 22.5 Å². The van der Waals surface area contributed by atoms with E-state index in [2.05, 4.69) is 41.4 Å². The molecule has 0 aliphatic carbocycles.